The second-order valence-corrected chi connectivity index (χ2v) is 6.18. The number of ether oxygens (including phenoxy) is 2. The Bertz CT molecular complexity index is 794. The molecule has 1 aliphatic heterocycles. The van der Waals surface area contributed by atoms with Gasteiger partial charge >= 0.3 is 5.97 Å². The monoisotopic (exact) mass is 348 g/mol. The number of nitrogens with zero attached hydrogens (tertiary/aromatic N) is 1. The van der Waals surface area contributed by atoms with E-state index >= 15 is 0 Å². The van der Waals surface area contributed by atoms with E-state index in [0.29, 0.717) is 23.7 Å². The second kappa shape index (κ2) is 6.66. The van der Waals surface area contributed by atoms with Gasteiger partial charge in [-0.2, -0.15) is 0 Å². The van der Waals surface area contributed by atoms with Crippen LogP contribution in [0.3, 0.4) is 0 Å². The van der Waals surface area contributed by atoms with Crippen molar-refractivity contribution in [2.45, 2.75) is 32.4 Å². The highest BCUT2D eigenvalue weighted by Crippen LogP contribution is 2.38. The zero-order valence-electron chi connectivity index (χ0n) is 13.9. The van der Waals surface area contributed by atoms with E-state index in [0.717, 1.165) is 11.1 Å². The topological polar surface area (TPSA) is 60.5 Å². The van der Waals surface area contributed by atoms with Gasteiger partial charge in [0, 0.05) is 18.3 Å². The molecule has 0 saturated heterocycles. The van der Waals surface area contributed by atoms with E-state index < -0.39 is 24.6 Å². The lowest BCUT2D eigenvalue weighted by Gasteiger charge is -2.17. The minimum absolute atomic E-state index is 0.364. The molecule has 0 unspecified atom stereocenters. The first-order valence-electron chi connectivity index (χ1n) is 7.83. The van der Waals surface area contributed by atoms with Crippen LogP contribution in [0, 0.1) is 0 Å². The Morgan fingerprint density at radius 2 is 2.12 bits per heavy atom. The Morgan fingerprint density at radius 3 is 2.88 bits per heavy atom. The lowest BCUT2D eigenvalue weighted by molar-refractivity contribution is 0.00957. The van der Waals surface area contributed by atoms with E-state index in [4.69, 9.17) is 9.47 Å². The number of halogens is 2. The molecule has 1 aromatic heterocycles. The van der Waals surface area contributed by atoms with Crippen molar-refractivity contribution in [1.82, 2.24) is 4.98 Å². The SMILES string of the molecule is CC1(C)OC(=O)c2c1ccnc2NCc1cccc(OCC(F)F)c1. The fraction of sp³-hybridized carbons (Fsp3) is 0.333. The number of hydrogen-bond donors (Lipinski definition) is 1. The molecule has 0 aliphatic carbocycles. The van der Waals surface area contributed by atoms with Crippen LogP contribution in [0.25, 0.3) is 0 Å². The molecule has 1 aliphatic rings. The molecule has 1 N–H and O–H groups in total. The summed E-state index contributed by atoms with van der Waals surface area (Å²) in [5.74, 6) is 0.392. The fourth-order valence-electron chi connectivity index (χ4n) is 2.73. The van der Waals surface area contributed by atoms with Gasteiger partial charge in [-0.15, -0.1) is 0 Å². The van der Waals surface area contributed by atoms with Gasteiger partial charge in [0.1, 0.15) is 29.3 Å². The van der Waals surface area contributed by atoms with E-state index in [1.807, 2.05) is 19.9 Å². The minimum Gasteiger partial charge on any atom is -0.488 e. The summed E-state index contributed by atoms with van der Waals surface area (Å²) in [6.07, 6.45) is -0.903. The molecule has 0 bridgehead atoms. The van der Waals surface area contributed by atoms with Crippen LogP contribution < -0.4 is 10.1 Å². The number of benzene rings is 1. The summed E-state index contributed by atoms with van der Waals surface area (Å²) >= 11 is 0. The number of pyridine rings is 1. The van der Waals surface area contributed by atoms with Gasteiger partial charge < -0.3 is 14.8 Å². The zero-order valence-corrected chi connectivity index (χ0v) is 13.9. The van der Waals surface area contributed by atoms with Crippen molar-refractivity contribution in [3.63, 3.8) is 0 Å². The summed E-state index contributed by atoms with van der Waals surface area (Å²) in [6.45, 7) is 3.36. The number of esters is 1. The van der Waals surface area contributed by atoms with Crippen molar-refractivity contribution < 1.29 is 23.0 Å². The first-order chi connectivity index (χ1) is 11.9. The lowest BCUT2D eigenvalue weighted by atomic mass is 9.97. The highest BCUT2D eigenvalue weighted by Gasteiger charge is 2.39. The minimum atomic E-state index is -2.52. The Kier molecular flexibility index (Phi) is 4.57. The van der Waals surface area contributed by atoms with Crippen LogP contribution in [0.15, 0.2) is 36.5 Å². The van der Waals surface area contributed by atoms with Crippen LogP contribution in [0.5, 0.6) is 5.75 Å². The molecule has 3 rings (SSSR count). The summed E-state index contributed by atoms with van der Waals surface area (Å²) in [7, 11) is 0. The number of hydrogen-bond acceptors (Lipinski definition) is 5. The first-order valence-corrected chi connectivity index (χ1v) is 7.83. The Balaban J connectivity index is 1.74. The molecule has 25 heavy (non-hydrogen) atoms. The summed E-state index contributed by atoms with van der Waals surface area (Å²) in [5.41, 5.74) is 1.34. The molecule has 2 aromatic rings. The van der Waals surface area contributed by atoms with Crippen LogP contribution in [0.2, 0.25) is 0 Å². The van der Waals surface area contributed by atoms with E-state index in [1.165, 1.54) is 0 Å². The van der Waals surface area contributed by atoms with E-state index in [2.05, 4.69) is 10.3 Å². The van der Waals surface area contributed by atoms with Gasteiger partial charge in [0.15, 0.2) is 0 Å². The maximum Gasteiger partial charge on any atom is 0.343 e. The Morgan fingerprint density at radius 1 is 1.32 bits per heavy atom. The third-order valence-corrected chi connectivity index (χ3v) is 3.89. The molecule has 0 saturated carbocycles. The predicted molar refractivity (Wildman–Crippen MR) is 87.9 cm³/mol. The summed E-state index contributed by atoms with van der Waals surface area (Å²) < 4.78 is 34.8. The molecule has 0 radical (unpaired) electrons. The van der Waals surface area contributed by atoms with E-state index in [-0.39, 0.29) is 0 Å². The van der Waals surface area contributed by atoms with Gasteiger partial charge in [0.05, 0.1) is 0 Å². The number of alkyl halides is 2. The van der Waals surface area contributed by atoms with Crippen molar-refractivity contribution in [3.05, 3.63) is 53.2 Å². The van der Waals surface area contributed by atoms with E-state index in [1.54, 1.807) is 30.5 Å². The number of fused-ring (bicyclic) bond motifs is 1. The third kappa shape index (κ3) is 3.70. The molecule has 0 amide bonds. The highest BCUT2D eigenvalue weighted by molar-refractivity contribution is 5.99. The van der Waals surface area contributed by atoms with Crippen LogP contribution >= 0.6 is 0 Å². The van der Waals surface area contributed by atoms with Gasteiger partial charge in [0.25, 0.3) is 6.43 Å². The molecule has 132 valence electrons. The zero-order chi connectivity index (χ0) is 18.0. The number of nitrogens with one attached hydrogen (secondary N) is 1. The maximum atomic E-state index is 12.2. The lowest BCUT2D eigenvalue weighted by Crippen LogP contribution is -2.15. The third-order valence-electron chi connectivity index (χ3n) is 3.89. The number of carbonyl (C=O) groups is 1. The quantitative estimate of drug-likeness (QED) is 0.806. The number of aromatic nitrogens is 1. The standard InChI is InChI=1S/C18H18F2N2O3/c1-18(2)13-6-7-21-16(15(13)17(23)25-18)22-9-11-4-3-5-12(8-11)24-10-14(19)20/h3-8,14H,9-10H2,1-2H3,(H,21,22). The largest absolute Gasteiger partial charge is 0.488 e. The number of carbonyl (C=O) groups excluding carboxylic acids is 1. The van der Waals surface area contributed by atoms with Crippen molar-refractivity contribution in [2.24, 2.45) is 0 Å². The summed E-state index contributed by atoms with van der Waals surface area (Å²) in [5, 5.41) is 3.11. The molecular weight excluding hydrogens is 330 g/mol. The van der Waals surface area contributed by atoms with Crippen LogP contribution in [0.4, 0.5) is 14.6 Å². The first kappa shape index (κ1) is 17.1. The average Bonchev–Trinajstić information content (AvgIpc) is 2.81. The molecular formula is C18H18F2N2O3. The maximum absolute atomic E-state index is 12.2. The highest BCUT2D eigenvalue weighted by atomic mass is 19.3. The van der Waals surface area contributed by atoms with Gasteiger partial charge in [-0.1, -0.05) is 12.1 Å². The van der Waals surface area contributed by atoms with Crippen LogP contribution in [-0.4, -0.2) is 24.0 Å². The Labute approximate surface area is 144 Å². The predicted octanol–water partition coefficient (Wildman–Crippen LogP) is 3.74. The Hall–Kier alpha value is -2.70. The summed E-state index contributed by atoms with van der Waals surface area (Å²) in [4.78, 5) is 16.3. The molecule has 5 nitrogen and oxygen atoms in total. The normalized spacial score (nSPS) is 15.0. The second-order valence-electron chi connectivity index (χ2n) is 6.18. The van der Waals surface area contributed by atoms with Crippen molar-refractivity contribution in [1.29, 1.82) is 0 Å². The van der Waals surface area contributed by atoms with Crippen molar-refractivity contribution >= 4 is 11.8 Å². The summed E-state index contributed by atoms with van der Waals surface area (Å²) in [6, 6.07) is 8.60. The van der Waals surface area contributed by atoms with Crippen LogP contribution in [0.1, 0.15) is 35.3 Å². The molecule has 0 atom stereocenters. The van der Waals surface area contributed by atoms with Gasteiger partial charge in [-0.05, 0) is 37.6 Å². The van der Waals surface area contributed by atoms with Crippen LogP contribution in [-0.2, 0) is 16.9 Å². The van der Waals surface area contributed by atoms with Gasteiger partial charge in [0.2, 0.25) is 0 Å². The van der Waals surface area contributed by atoms with Crippen molar-refractivity contribution in [3.8, 4) is 5.75 Å². The molecule has 0 fully saturated rings. The van der Waals surface area contributed by atoms with Crippen molar-refractivity contribution in [2.75, 3.05) is 11.9 Å². The fourth-order valence-corrected chi connectivity index (χ4v) is 2.73. The van der Waals surface area contributed by atoms with Gasteiger partial charge in [-0.3, -0.25) is 0 Å². The molecule has 2 heterocycles. The smallest absolute Gasteiger partial charge is 0.343 e. The van der Waals surface area contributed by atoms with Gasteiger partial charge in [-0.25, -0.2) is 18.6 Å². The number of cyclic esters (lactones) is 1. The number of anilines is 1. The molecule has 1 aromatic carbocycles. The van der Waals surface area contributed by atoms with E-state index in [9.17, 15) is 13.6 Å². The molecule has 7 heteroatoms. The average molecular weight is 348 g/mol. The number of rotatable bonds is 6. The molecule has 0 spiro atoms.